The van der Waals surface area contributed by atoms with Crippen LogP contribution in [0.5, 0.6) is 0 Å². The van der Waals surface area contributed by atoms with Gasteiger partial charge in [-0.15, -0.1) is 12.4 Å². The summed E-state index contributed by atoms with van der Waals surface area (Å²) in [5.74, 6) is -0.441. The van der Waals surface area contributed by atoms with E-state index in [1.807, 2.05) is 0 Å². The first-order valence-corrected chi connectivity index (χ1v) is 5.66. The molecule has 0 spiro atoms. The molecule has 2 heterocycles. The lowest BCUT2D eigenvalue weighted by Gasteiger charge is -2.03. The van der Waals surface area contributed by atoms with E-state index in [1.165, 1.54) is 13.2 Å². The SMILES string of the molecule is Cc1nn(C(F)F)cc1NCc1c(C)nn(C)c1F.Cl. The predicted molar refractivity (Wildman–Crippen MR) is 70.7 cm³/mol. The highest BCUT2D eigenvalue weighted by atomic mass is 35.5. The Morgan fingerprint density at radius 1 is 1.25 bits per heavy atom. The van der Waals surface area contributed by atoms with Crippen molar-refractivity contribution in [2.24, 2.45) is 7.05 Å². The quantitative estimate of drug-likeness (QED) is 0.944. The molecule has 1 N–H and O–H groups in total. The zero-order chi connectivity index (χ0) is 14.2. The van der Waals surface area contributed by atoms with E-state index in [0.29, 0.717) is 27.3 Å². The monoisotopic (exact) mass is 309 g/mol. The number of nitrogens with zero attached hydrogens (tertiary/aromatic N) is 4. The van der Waals surface area contributed by atoms with Gasteiger partial charge in [0.05, 0.1) is 23.3 Å². The highest BCUT2D eigenvalue weighted by Gasteiger charge is 2.15. The predicted octanol–water partition coefficient (Wildman–Crippen LogP) is 2.80. The second-order valence-electron chi connectivity index (χ2n) is 4.22. The Kier molecular flexibility index (Phi) is 5.04. The molecule has 5 nitrogen and oxygen atoms in total. The molecule has 0 aliphatic heterocycles. The van der Waals surface area contributed by atoms with Gasteiger partial charge in [0.15, 0.2) is 0 Å². The summed E-state index contributed by atoms with van der Waals surface area (Å²) >= 11 is 0. The average molecular weight is 310 g/mol. The van der Waals surface area contributed by atoms with E-state index in [1.54, 1.807) is 13.8 Å². The number of hydrogen-bond acceptors (Lipinski definition) is 3. The molecule has 2 aromatic heterocycles. The number of rotatable bonds is 4. The summed E-state index contributed by atoms with van der Waals surface area (Å²) in [4.78, 5) is 0. The lowest BCUT2D eigenvalue weighted by atomic mass is 10.2. The van der Waals surface area contributed by atoms with Crippen LogP contribution in [0.4, 0.5) is 18.9 Å². The molecule has 0 aliphatic rings. The molecule has 112 valence electrons. The van der Waals surface area contributed by atoms with Crippen LogP contribution in [-0.2, 0) is 13.6 Å². The molecular weight excluding hydrogens is 295 g/mol. The third kappa shape index (κ3) is 3.06. The molecular formula is C11H15ClF3N5. The maximum atomic E-state index is 13.7. The summed E-state index contributed by atoms with van der Waals surface area (Å²) in [6.45, 7) is 0.774. The van der Waals surface area contributed by atoms with Gasteiger partial charge >= 0.3 is 6.55 Å². The topological polar surface area (TPSA) is 47.7 Å². The Labute approximate surface area is 120 Å². The molecule has 0 saturated carbocycles. The number of hydrogen-bond donors (Lipinski definition) is 1. The van der Waals surface area contributed by atoms with Crippen molar-refractivity contribution in [2.75, 3.05) is 5.32 Å². The van der Waals surface area contributed by atoms with Gasteiger partial charge in [-0.05, 0) is 13.8 Å². The Morgan fingerprint density at radius 2 is 1.90 bits per heavy atom. The zero-order valence-electron chi connectivity index (χ0n) is 11.2. The van der Waals surface area contributed by atoms with Crippen molar-refractivity contribution >= 4 is 18.1 Å². The highest BCUT2D eigenvalue weighted by Crippen LogP contribution is 2.19. The minimum Gasteiger partial charge on any atom is -0.378 e. The number of anilines is 1. The van der Waals surface area contributed by atoms with E-state index < -0.39 is 12.5 Å². The molecule has 0 radical (unpaired) electrons. The Morgan fingerprint density at radius 3 is 2.35 bits per heavy atom. The molecule has 2 rings (SSSR count). The number of halogens is 4. The van der Waals surface area contributed by atoms with Crippen LogP contribution >= 0.6 is 12.4 Å². The number of aryl methyl sites for hydroxylation is 3. The Hall–Kier alpha value is -1.70. The molecule has 0 bridgehead atoms. The van der Waals surface area contributed by atoms with E-state index in [-0.39, 0.29) is 19.0 Å². The summed E-state index contributed by atoms with van der Waals surface area (Å²) in [7, 11) is 1.51. The molecule has 0 aromatic carbocycles. The molecule has 2 aromatic rings. The first kappa shape index (κ1) is 16.4. The van der Waals surface area contributed by atoms with Crippen LogP contribution in [0.2, 0.25) is 0 Å². The Bertz CT molecular complexity index is 593. The zero-order valence-corrected chi connectivity index (χ0v) is 12.0. The standard InChI is InChI=1S/C11H14F3N5.ClH/c1-6-8(10(12)18(3)16-6)4-15-9-5-19(11(13)14)17-7(9)2;/h5,11,15H,4H2,1-3H3;1H. The summed E-state index contributed by atoms with van der Waals surface area (Å²) in [5, 5.41) is 10.5. The maximum absolute atomic E-state index is 13.7. The maximum Gasteiger partial charge on any atom is 0.333 e. The normalized spacial score (nSPS) is 10.8. The summed E-state index contributed by atoms with van der Waals surface area (Å²) in [6.07, 6.45) is 1.20. The summed E-state index contributed by atoms with van der Waals surface area (Å²) < 4.78 is 40.3. The second-order valence-corrected chi connectivity index (χ2v) is 4.22. The van der Waals surface area contributed by atoms with Crippen molar-refractivity contribution in [3.05, 3.63) is 29.1 Å². The van der Waals surface area contributed by atoms with E-state index >= 15 is 0 Å². The largest absolute Gasteiger partial charge is 0.378 e. The fourth-order valence-electron chi connectivity index (χ4n) is 1.81. The van der Waals surface area contributed by atoms with Gasteiger partial charge in [0.25, 0.3) is 0 Å². The smallest absolute Gasteiger partial charge is 0.333 e. The van der Waals surface area contributed by atoms with Crippen molar-refractivity contribution in [1.82, 2.24) is 19.6 Å². The second kappa shape index (κ2) is 6.17. The van der Waals surface area contributed by atoms with E-state index in [0.717, 1.165) is 4.68 Å². The van der Waals surface area contributed by atoms with Crippen LogP contribution in [0.1, 0.15) is 23.5 Å². The third-order valence-corrected chi connectivity index (χ3v) is 2.84. The molecule has 0 fully saturated rings. The molecule has 0 atom stereocenters. The van der Waals surface area contributed by atoms with E-state index in [9.17, 15) is 13.2 Å². The van der Waals surface area contributed by atoms with Gasteiger partial charge in [-0.1, -0.05) is 0 Å². The first-order chi connectivity index (χ1) is 8.90. The highest BCUT2D eigenvalue weighted by molar-refractivity contribution is 5.85. The molecule has 0 unspecified atom stereocenters. The van der Waals surface area contributed by atoms with Crippen LogP contribution in [0, 0.1) is 19.8 Å². The summed E-state index contributed by atoms with van der Waals surface area (Å²) in [6, 6.07) is 0. The van der Waals surface area contributed by atoms with Gasteiger partial charge in [-0.25, -0.2) is 9.36 Å². The minimum atomic E-state index is -2.69. The molecule has 0 amide bonds. The van der Waals surface area contributed by atoms with Crippen molar-refractivity contribution in [2.45, 2.75) is 26.9 Å². The van der Waals surface area contributed by atoms with Crippen molar-refractivity contribution in [1.29, 1.82) is 0 Å². The van der Waals surface area contributed by atoms with Crippen molar-refractivity contribution in [3.63, 3.8) is 0 Å². The van der Waals surface area contributed by atoms with Crippen LogP contribution in [0.25, 0.3) is 0 Å². The van der Waals surface area contributed by atoms with E-state index in [2.05, 4.69) is 15.5 Å². The van der Waals surface area contributed by atoms with Crippen molar-refractivity contribution < 1.29 is 13.2 Å². The summed E-state index contributed by atoms with van der Waals surface area (Å²) in [5.41, 5.74) is 1.85. The first-order valence-electron chi connectivity index (χ1n) is 5.66. The third-order valence-electron chi connectivity index (χ3n) is 2.84. The molecule has 0 saturated heterocycles. The van der Waals surface area contributed by atoms with Crippen LogP contribution in [0.15, 0.2) is 6.20 Å². The van der Waals surface area contributed by atoms with Gasteiger partial charge in [0, 0.05) is 19.2 Å². The lowest BCUT2D eigenvalue weighted by molar-refractivity contribution is 0.0563. The minimum absolute atomic E-state index is 0. The number of nitrogens with one attached hydrogen (secondary N) is 1. The van der Waals surface area contributed by atoms with Crippen molar-refractivity contribution in [3.8, 4) is 0 Å². The number of aromatic nitrogens is 4. The molecule has 20 heavy (non-hydrogen) atoms. The van der Waals surface area contributed by atoms with Crippen LogP contribution < -0.4 is 5.32 Å². The average Bonchev–Trinajstić information content (AvgIpc) is 2.80. The van der Waals surface area contributed by atoms with Gasteiger partial charge in [0.2, 0.25) is 5.95 Å². The molecule has 9 heteroatoms. The fraction of sp³-hybridized carbons (Fsp3) is 0.455. The van der Waals surface area contributed by atoms with Crippen LogP contribution in [-0.4, -0.2) is 19.6 Å². The van der Waals surface area contributed by atoms with Gasteiger partial charge in [-0.3, -0.25) is 0 Å². The Balaban J connectivity index is 0.00000200. The fourth-order valence-corrected chi connectivity index (χ4v) is 1.81. The molecule has 0 aliphatic carbocycles. The van der Waals surface area contributed by atoms with Crippen LogP contribution in [0.3, 0.4) is 0 Å². The van der Waals surface area contributed by atoms with Gasteiger partial charge in [-0.2, -0.15) is 23.4 Å². The van der Waals surface area contributed by atoms with E-state index in [4.69, 9.17) is 0 Å². The lowest BCUT2D eigenvalue weighted by Crippen LogP contribution is -2.03. The van der Waals surface area contributed by atoms with Gasteiger partial charge < -0.3 is 5.32 Å². The van der Waals surface area contributed by atoms with Gasteiger partial charge in [0.1, 0.15) is 0 Å². The number of alkyl halides is 2.